The molecule has 0 aliphatic carbocycles. The van der Waals surface area contributed by atoms with Crippen molar-refractivity contribution in [2.45, 2.75) is 6.42 Å². The Morgan fingerprint density at radius 1 is 1.04 bits per heavy atom. The standard InChI is InChI=1S/C20H12N4O3/c25-16(18-9-12-5-1-4-8-17(12)27-18)10-15-20(26)24-11-21-14-7-3-2-6-13(14)19(24)23-22-15/h1-9,11H,10H2. The molecular formula is C20H12N4O3. The average molecular weight is 356 g/mol. The number of benzene rings is 2. The van der Waals surface area contributed by atoms with Crippen molar-refractivity contribution in [1.29, 1.82) is 0 Å². The van der Waals surface area contributed by atoms with Crippen LogP contribution in [0.4, 0.5) is 0 Å². The van der Waals surface area contributed by atoms with Crippen LogP contribution in [-0.4, -0.2) is 25.4 Å². The Labute approximate surface area is 151 Å². The summed E-state index contributed by atoms with van der Waals surface area (Å²) in [7, 11) is 0. The van der Waals surface area contributed by atoms with Crippen LogP contribution in [-0.2, 0) is 6.42 Å². The van der Waals surface area contributed by atoms with E-state index in [0.717, 1.165) is 16.3 Å². The smallest absolute Gasteiger partial charge is 0.281 e. The largest absolute Gasteiger partial charge is 0.453 e. The van der Waals surface area contributed by atoms with Gasteiger partial charge in [0.25, 0.3) is 5.56 Å². The van der Waals surface area contributed by atoms with E-state index in [2.05, 4.69) is 15.2 Å². The number of aromatic nitrogens is 4. The van der Waals surface area contributed by atoms with Crippen LogP contribution in [0.25, 0.3) is 27.5 Å². The van der Waals surface area contributed by atoms with Crippen molar-refractivity contribution in [1.82, 2.24) is 19.6 Å². The molecule has 3 aromatic heterocycles. The predicted octanol–water partition coefficient (Wildman–Crippen LogP) is 2.81. The molecule has 7 nitrogen and oxygen atoms in total. The summed E-state index contributed by atoms with van der Waals surface area (Å²) in [6.07, 6.45) is 1.21. The number of para-hydroxylation sites is 2. The van der Waals surface area contributed by atoms with Gasteiger partial charge in [0.15, 0.2) is 11.4 Å². The van der Waals surface area contributed by atoms with Crippen LogP contribution in [0.3, 0.4) is 0 Å². The van der Waals surface area contributed by atoms with Gasteiger partial charge in [0.05, 0.1) is 11.9 Å². The normalized spacial score (nSPS) is 11.4. The van der Waals surface area contributed by atoms with Gasteiger partial charge in [-0.3, -0.25) is 9.59 Å². The van der Waals surface area contributed by atoms with E-state index in [1.54, 1.807) is 12.1 Å². The third kappa shape index (κ3) is 2.48. The summed E-state index contributed by atoms with van der Waals surface area (Å²) in [6.45, 7) is 0. The Morgan fingerprint density at radius 3 is 2.74 bits per heavy atom. The van der Waals surface area contributed by atoms with Gasteiger partial charge < -0.3 is 4.42 Å². The van der Waals surface area contributed by atoms with Crippen LogP contribution in [0.2, 0.25) is 0 Å². The van der Waals surface area contributed by atoms with E-state index in [4.69, 9.17) is 4.42 Å². The SMILES string of the molecule is O=C(Cc1nnc2c3ccccc3ncn2c1=O)c1cc2ccccc2o1. The van der Waals surface area contributed by atoms with Gasteiger partial charge in [0.2, 0.25) is 5.78 Å². The van der Waals surface area contributed by atoms with Crippen molar-refractivity contribution in [2.24, 2.45) is 0 Å². The molecular weight excluding hydrogens is 344 g/mol. The minimum absolute atomic E-state index is 0.0510. The van der Waals surface area contributed by atoms with Crippen LogP contribution in [0.15, 0.2) is 70.1 Å². The van der Waals surface area contributed by atoms with Gasteiger partial charge in [-0.15, -0.1) is 10.2 Å². The number of ketones is 1. The van der Waals surface area contributed by atoms with Crippen molar-refractivity contribution in [3.8, 4) is 0 Å². The lowest BCUT2D eigenvalue weighted by atomic mass is 10.1. The van der Waals surface area contributed by atoms with Gasteiger partial charge >= 0.3 is 0 Å². The third-order valence-electron chi connectivity index (χ3n) is 4.44. The summed E-state index contributed by atoms with van der Waals surface area (Å²) in [5.41, 5.74) is 1.39. The van der Waals surface area contributed by atoms with Crippen molar-refractivity contribution in [3.05, 3.63) is 82.7 Å². The van der Waals surface area contributed by atoms with Gasteiger partial charge in [-0.2, -0.15) is 0 Å². The lowest BCUT2D eigenvalue weighted by molar-refractivity contribution is 0.0966. The number of Topliss-reactive ketones (excluding diaryl/α,β-unsaturated/α-hetero) is 1. The van der Waals surface area contributed by atoms with E-state index < -0.39 is 5.56 Å². The highest BCUT2D eigenvalue weighted by Gasteiger charge is 2.17. The molecule has 0 saturated heterocycles. The lowest BCUT2D eigenvalue weighted by Crippen LogP contribution is -2.24. The molecule has 27 heavy (non-hydrogen) atoms. The Bertz CT molecular complexity index is 1370. The Kier molecular flexibility index (Phi) is 3.33. The minimum Gasteiger partial charge on any atom is -0.453 e. The highest BCUT2D eigenvalue weighted by atomic mass is 16.3. The molecule has 2 aromatic carbocycles. The molecule has 0 spiro atoms. The molecule has 0 N–H and O–H groups in total. The first-order chi connectivity index (χ1) is 13.2. The zero-order valence-electron chi connectivity index (χ0n) is 14.0. The van der Waals surface area contributed by atoms with Crippen LogP contribution < -0.4 is 5.56 Å². The van der Waals surface area contributed by atoms with Crippen molar-refractivity contribution >= 4 is 33.3 Å². The van der Waals surface area contributed by atoms with Crippen molar-refractivity contribution < 1.29 is 9.21 Å². The maximum Gasteiger partial charge on any atom is 0.281 e. The first-order valence-corrected chi connectivity index (χ1v) is 8.34. The molecule has 0 aliphatic rings. The third-order valence-corrected chi connectivity index (χ3v) is 4.44. The van der Waals surface area contributed by atoms with Gasteiger partial charge in [0.1, 0.15) is 17.6 Å². The number of carbonyl (C=O) groups is 1. The number of rotatable bonds is 3. The molecule has 5 aromatic rings. The molecule has 0 amide bonds. The fraction of sp³-hybridized carbons (Fsp3) is 0.0500. The molecule has 0 radical (unpaired) electrons. The summed E-state index contributed by atoms with van der Waals surface area (Å²) < 4.78 is 6.88. The highest BCUT2D eigenvalue weighted by molar-refractivity contribution is 5.98. The molecule has 0 aliphatic heterocycles. The number of furan rings is 1. The molecule has 130 valence electrons. The van der Waals surface area contributed by atoms with Crippen LogP contribution in [0, 0.1) is 0 Å². The molecule has 5 rings (SSSR count). The Hall–Kier alpha value is -3.87. The zero-order valence-corrected chi connectivity index (χ0v) is 14.0. The molecule has 0 atom stereocenters. The molecule has 0 unspecified atom stereocenters. The van der Waals surface area contributed by atoms with E-state index in [1.165, 1.54) is 10.7 Å². The van der Waals surface area contributed by atoms with E-state index in [1.807, 2.05) is 42.5 Å². The van der Waals surface area contributed by atoms with Crippen molar-refractivity contribution in [3.63, 3.8) is 0 Å². The summed E-state index contributed by atoms with van der Waals surface area (Å²) >= 11 is 0. The first-order valence-electron chi connectivity index (χ1n) is 8.34. The highest BCUT2D eigenvalue weighted by Crippen LogP contribution is 2.20. The summed E-state index contributed by atoms with van der Waals surface area (Å²) in [5.74, 6) is -0.134. The van der Waals surface area contributed by atoms with E-state index in [9.17, 15) is 9.59 Å². The van der Waals surface area contributed by atoms with E-state index >= 15 is 0 Å². The summed E-state index contributed by atoms with van der Waals surface area (Å²) in [6, 6.07) is 16.4. The number of fused-ring (bicyclic) bond motifs is 4. The quantitative estimate of drug-likeness (QED) is 0.365. The molecule has 0 fully saturated rings. The first kappa shape index (κ1) is 15.4. The summed E-state index contributed by atoms with van der Waals surface area (Å²) in [5, 5.41) is 9.71. The van der Waals surface area contributed by atoms with Crippen molar-refractivity contribution in [2.75, 3.05) is 0 Å². The van der Waals surface area contributed by atoms with Gasteiger partial charge in [-0.05, 0) is 24.3 Å². The second-order valence-corrected chi connectivity index (χ2v) is 6.16. The summed E-state index contributed by atoms with van der Waals surface area (Å²) in [4.78, 5) is 29.6. The second kappa shape index (κ2) is 5.84. The number of carbonyl (C=O) groups excluding carboxylic acids is 1. The maximum absolute atomic E-state index is 12.7. The van der Waals surface area contributed by atoms with E-state index in [0.29, 0.717) is 11.2 Å². The van der Waals surface area contributed by atoms with Gasteiger partial charge in [-0.1, -0.05) is 30.3 Å². The average Bonchev–Trinajstić information content (AvgIpc) is 3.14. The predicted molar refractivity (Wildman–Crippen MR) is 98.8 cm³/mol. The molecule has 0 saturated carbocycles. The number of hydrogen-bond donors (Lipinski definition) is 0. The molecule has 3 heterocycles. The molecule has 7 heteroatoms. The van der Waals surface area contributed by atoms with Crippen LogP contribution in [0.1, 0.15) is 16.2 Å². The van der Waals surface area contributed by atoms with Gasteiger partial charge in [-0.25, -0.2) is 9.38 Å². The number of hydrogen-bond acceptors (Lipinski definition) is 6. The lowest BCUT2D eigenvalue weighted by Gasteiger charge is -2.04. The fourth-order valence-electron chi connectivity index (χ4n) is 3.09. The Morgan fingerprint density at radius 2 is 1.85 bits per heavy atom. The topological polar surface area (TPSA) is 90.4 Å². The fourth-order valence-corrected chi connectivity index (χ4v) is 3.09. The Balaban J connectivity index is 1.56. The number of nitrogens with zero attached hydrogens (tertiary/aromatic N) is 4. The van der Waals surface area contributed by atoms with E-state index in [-0.39, 0.29) is 23.7 Å². The second-order valence-electron chi connectivity index (χ2n) is 6.16. The van der Waals surface area contributed by atoms with Crippen LogP contribution >= 0.6 is 0 Å². The monoisotopic (exact) mass is 356 g/mol. The zero-order chi connectivity index (χ0) is 18.4. The maximum atomic E-state index is 12.7. The van der Waals surface area contributed by atoms with Gasteiger partial charge in [0, 0.05) is 10.8 Å². The molecule has 0 bridgehead atoms. The van der Waals surface area contributed by atoms with Crippen LogP contribution in [0.5, 0.6) is 0 Å². The minimum atomic E-state index is -0.414.